The number of aliphatic carboxylic acids is 1. The van der Waals surface area contributed by atoms with Crippen molar-refractivity contribution in [2.75, 3.05) is 0 Å². The van der Waals surface area contributed by atoms with Crippen LogP contribution < -0.4 is 0 Å². The molecule has 2 aliphatic heterocycles. The summed E-state index contributed by atoms with van der Waals surface area (Å²) in [5, 5.41) is 8.65. The predicted molar refractivity (Wildman–Crippen MR) is 45.4 cm³/mol. The predicted octanol–water partition coefficient (Wildman–Crippen LogP) is 1.16. The third-order valence-electron chi connectivity index (χ3n) is 1.53. The van der Waals surface area contributed by atoms with Gasteiger partial charge in [-0.05, 0) is 0 Å². The van der Waals surface area contributed by atoms with E-state index in [1.54, 1.807) is 0 Å². The molecule has 0 amide bonds. The molecular weight excluding hydrogens is 204 g/mol. The van der Waals surface area contributed by atoms with Gasteiger partial charge in [0, 0.05) is 0 Å². The highest BCUT2D eigenvalue weighted by molar-refractivity contribution is 5.84. The van der Waals surface area contributed by atoms with E-state index in [9.17, 15) is 4.79 Å². The van der Waals surface area contributed by atoms with Crippen LogP contribution in [-0.2, 0) is 23.7 Å². The molecular formula is C9H6O6. The third-order valence-corrected chi connectivity index (χ3v) is 1.53. The standard InChI is InChI=1S/C9H6O6/c10-9(11)8-5-13-4-7(15-8)6-3-12-1-2-14-6/h1-5H,(H,10,11). The molecule has 0 aromatic rings. The Morgan fingerprint density at radius 2 is 1.87 bits per heavy atom. The van der Waals surface area contributed by atoms with Gasteiger partial charge in [-0.15, -0.1) is 0 Å². The Kier molecular flexibility index (Phi) is 2.32. The lowest BCUT2D eigenvalue weighted by Crippen LogP contribution is -2.11. The summed E-state index contributed by atoms with van der Waals surface area (Å²) >= 11 is 0. The molecule has 0 saturated heterocycles. The molecule has 0 fully saturated rings. The second kappa shape index (κ2) is 3.79. The molecule has 2 aliphatic rings. The molecule has 0 radical (unpaired) electrons. The zero-order valence-corrected chi connectivity index (χ0v) is 7.38. The molecule has 78 valence electrons. The summed E-state index contributed by atoms with van der Waals surface area (Å²) in [7, 11) is 0. The minimum atomic E-state index is -1.23. The monoisotopic (exact) mass is 210 g/mol. The lowest BCUT2D eigenvalue weighted by molar-refractivity contribution is -0.136. The van der Waals surface area contributed by atoms with E-state index in [4.69, 9.17) is 24.1 Å². The highest BCUT2D eigenvalue weighted by atomic mass is 16.6. The van der Waals surface area contributed by atoms with Gasteiger partial charge in [-0.25, -0.2) is 4.79 Å². The first kappa shape index (κ1) is 9.20. The zero-order chi connectivity index (χ0) is 10.7. The van der Waals surface area contributed by atoms with Crippen LogP contribution in [0.15, 0.2) is 48.6 Å². The zero-order valence-electron chi connectivity index (χ0n) is 7.38. The fourth-order valence-corrected chi connectivity index (χ4v) is 0.905. The first-order chi connectivity index (χ1) is 7.27. The Balaban J connectivity index is 2.09. The van der Waals surface area contributed by atoms with Gasteiger partial charge in [0.25, 0.3) is 0 Å². The molecule has 1 N–H and O–H groups in total. The molecule has 0 spiro atoms. The lowest BCUT2D eigenvalue weighted by atomic mass is 10.4. The van der Waals surface area contributed by atoms with Crippen molar-refractivity contribution in [2.24, 2.45) is 0 Å². The molecule has 0 aromatic heterocycles. The van der Waals surface area contributed by atoms with Crippen LogP contribution in [0.25, 0.3) is 0 Å². The molecule has 0 aromatic carbocycles. The molecule has 15 heavy (non-hydrogen) atoms. The number of carbonyl (C=O) groups is 1. The topological polar surface area (TPSA) is 74.2 Å². The van der Waals surface area contributed by atoms with Gasteiger partial charge in [-0.2, -0.15) is 0 Å². The number of ether oxygens (including phenoxy) is 4. The minimum Gasteiger partial charge on any atom is -0.475 e. The molecule has 0 atom stereocenters. The largest absolute Gasteiger partial charge is 0.475 e. The first-order valence-electron chi connectivity index (χ1n) is 3.92. The van der Waals surface area contributed by atoms with Gasteiger partial charge in [-0.3, -0.25) is 0 Å². The van der Waals surface area contributed by atoms with Gasteiger partial charge < -0.3 is 24.1 Å². The van der Waals surface area contributed by atoms with Crippen molar-refractivity contribution in [3.8, 4) is 0 Å². The van der Waals surface area contributed by atoms with Crippen molar-refractivity contribution in [1.82, 2.24) is 0 Å². The number of carboxylic acid groups (broad SMARTS) is 1. The van der Waals surface area contributed by atoms with Crippen LogP contribution in [0.2, 0.25) is 0 Å². The smallest absolute Gasteiger partial charge is 0.375 e. The Bertz CT molecular complexity index is 401. The summed E-state index contributed by atoms with van der Waals surface area (Å²) in [6, 6.07) is 0. The van der Waals surface area contributed by atoms with Crippen LogP contribution in [0.3, 0.4) is 0 Å². The van der Waals surface area contributed by atoms with Crippen molar-refractivity contribution in [2.45, 2.75) is 0 Å². The summed E-state index contributed by atoms with van der Waals surface area (Å²) in [4.78, 5) is 10.6. The van der Waals surface area contributed by atoms with Crippen LogP contribution in [0.4, 0.5) is 0 Å². The lowest BCUT2D eigenvalue weighted by Gasteiger charge is -2.16. The average Bonchev–Trinajstić information content (AvgIpc) is 2.30. The Morgan fingerprint density at radius 1 is 1.07 bits per heavy atom. The van der Waals surface area contributed by atoms with Crippen LogP contribution in [0, 0.1) is 0 Å². The molecule has 0 saturated carbocycles. The fraction of sp³-hybridized carbons (Fsp3) is 0. The summed E-state index contributed by atoms with van der Waals surface area (Å²) < 4.78 is 19.6. The van der Waals surface area contributed by atoms with E-state index in [1.807, 2.05) is 0 Å². The van der Waals surface area contributed by atoms with Crippen LogP contribution >= 0.6 is 0 Å². The van der Waals surface area contributed by atoms with Gasteiger partial charge in [0.05, 0.1) is 0 Å². The molecule has 0 unspecified atom stereocenters. The number of hydrogen-bond donors (Lipinski definition) is 1. The summed E-state index contributed by atoms with van der Waals surface area (Å²) in [6.45, 7) is 0. The maximum absolute atomic E-state index is 10.6. The molecule has 0 aliphatic carbocycles. The SMILES string of the molecule is O=C(O)C1=COC=C(C2=COC=CO2)O1. The van der Waals surface area contributed by atoms with Crippen molar-refractivity contribution < 1.29 is 28.8 Å². The quantitative estimate of drug-likeness (QED) is 0.737. The van der Waals surface area contributed by atoms with Gasteiger partial charge >= 0.3 is 5.97 Å². The van der Waals surface area contributed by atoms with Crippen molar-refractivity contribution in [1.29, 1.82) is 0 Å². The van der Waals surface area contributed by atoms with Crippen LogP contribution in [-0.4, -0.2) is 11.1 Å². The number of rotatable bonds is 2. The maximum Gasteiger partial charge on any atom is 0.375 e. The van der Waals surface area contributed by atoms with E-state index in [2.05, 4.69) is 0 Å². The normalized spacial score (nSPS) is 18.3. The summed E-state index contributed by atoms with van der Waals surface area (Å²) in [6.07, 6.45) is 6.06. The Morgan fingerprint density at radius 3 is 2.53 bits per heavy atom. The third kappa shape index (κ3) is 1.93. The van der Waals surface area contributed by atoms with E-state index in [0.29, 0.717) is 0 Å². The highest BCUT2D eigenvalue weighted by Crippen LogP contribution is 2.23. The van der Waals surface area contributed by atoms with Gasteiger partial charge in [0.2, 0.25) is 17.3 Å². The van der Waals surface area contributed by atoms with Gasteiger partial charge in [0.1, 0.15) is 31.3 Å². The van der Waals surface area contributed by atoms with Crippen LogP contribution in [0.5, 0.6) is 0 Å². The molecule has 6 heteroatoms. The first-order valence-corrected chi connectivity index (χ1v) is 3.92. The van der Waals surface area contributed by atoms with Gasteiger partial charge in [0.15, 0.2) is 0 Å². The molecule has 0 bridgehead atoms. The van der Waals surface area contributed by atoms with Crippen LogP contribution in [0.1, 0.15) is 0 Å². The van der Waals surface area contributed by atoms with Gasteiger partial charge in [-0.1, -0.05) is 0 Å². The fourth-order valence-electron chi connectivity index (χ4n) is 0.905. The van der Waals surface area contributed by atoms with E-state index in [0.717, 1.165) is 6.26 Å². The van der Waals surface area contributed by atoms with E-state index in [-0.39, 0.29) is 17.3 Å². The van der Waals surface area contributed by atoms with E-state index in [1.165, 1.54) is 25.0 Å². The van der Waals surface area contributed by atoms with E-state index < -0.39 is 5.97 Å². The van der Waals surface area contributed by atoms with Crippen molar-refractivity contribution in [3.63, 3.8) is 0 Å². The second-order valence-electron chi connectivity index (χ2n) is 2.52. The minimum absolute atomic E-state index is 0.124. The highest BCUT2D eigenvalue weighted by Gasteiger charge is 2.21. The maximum atomic E-state index is 10.6. The Hall–Kier alpha value is -2.37. The number of carboxylic acids is 1. The average molecular weight is 210 g/mol. The molecule has 2 heterocycles. The molecule has 2 rings (SSSR count). The second-order valence-corrected chi connectivity index (χ2v) is 2.52. The summed E-state index contributed by atoms with van der Waals surface area (Å²) in [5.74, 6) is -1.20. The van der Waals surface area contributed by atoms with E-state index >= 15 is 0 Å². The molecule has 6 nitrogen and oxygen atoms in total. The Labute approximate surface area is 84.3 Å². The van der Waals surface area contributed by atoms with Crippen molar-refractivity contribution in [3.05, 3.63) is 48.6 Å². The van der Waals surface area contributed by atoms with Crippen molar-refractivity contribution >= 4 is 5.97 Å². The summed E-state index contributed by atoms with van der Waals surface area (Å²) in [5.41, 5.74) is 0. The number of hydrogen-bond acceptors (Lipinski definition) is 5.